The number of fused-ring (bicyclic) bond motifs is 1. The van der Waals surface area contributed by atoms with Gasteiger partial charge >= 0.3 is 0 Å². The van der Waals surface area contributed by atoms with Crippen molar-refractivity contribution in [3.8, 4) is 0 Å². The first-order valence-corrected chi connectivity index (χ1v) is 7.45. The predicted molar refractivity (Wildman–Crippen MR) is 81.1 cm³/mol. The van der Waals surface area contributed by atoms with E-state index in [9.17, 15) is 0 Å². The molecule has 0 aromatic carbocycles. The van der Waals surface area contributed by atoms with Gasteiger partial charge in [0.2, 0.25) is 5.95 Å². The third kappa shape index (κ3) is 2.42. The van der Waals surface area contributed by atoms with Gasteiger partial charge in [0.15, 0.2) is 11.5 Å². The van der Waals surface area contributed by atoms with Gasteiger partial charge in [-0.25, -0.2) is 4.98 Å². The van der Waals surface area contributed by atoms with E-state index in [0.717, 1.165) is 36.0 Å². The van der Waals surface area contributed by atoms with Crippen molar-refractivity contribution in [3.05, 3.63) is 6.33 Å². The van der Waals surface area contributed by atoms with Crippen LogP contribution in [-0.4, -0.2) is 40.1 Å². The summed E-state index contributed by atoms with van der Waals surface area (Å²) in [7, 11) is 1.84. The number of hydrogen-bond acceptors (Lipinski definition) is 5. The lowest BCUT2D eigenvalue weighted by molar-refractivity contribution is 0.377. The minimum Gasteiger partial charge on any atom is -0.357 e. The van der Waals surface area contributed by atoms with E-state index in [-0.39, 0.29) is 0 Å². The molecule has 0 atom stereocenters. The lowest BCUT2D eigenvalue weighted by atomic mass is 9.92. The van der Waals surface area contributed by atoms with Crippen LogP contribution in [0.1, 0.15) is 32.6 Å². The SMILES string of the molecule is CCCC1CCN(c2nc(NC)nc3nc[nH]c23)CC1. The van der Waals surface area contributed by atoms with E-state index >= 15 is 0 Å². The van der Waals surface area contributed by atoms with Gasteiger partial charge in [0.05, 0.1) is 6.33 Å². The second-order valence-corrected chi connectivity index (χ2v) is 5.44. The van der Waals surface area contributed by atoms with Gasteiger partial charge in [0.25, 0.3) is 0 Å². The first kappa shape index (κ1) is 13.1. The average Bonchev–Trinajstić information content (AvgIpc) is 2.95. The molecule has 6 heteroatoms. The number of nitrogens with one attached hydrogen (secondary N) is 2. The van der Waals surface area contributed by atoms with Gasteiger partial charge in [-0.15, -0.1) is 0 Å². The van der Waals surface area contributed by atoms with Crippen molar-refractivity contribution >= 4 is 22.9 Å². The van der Waals surface area contributed by atoms with Crippen molar-refractivity contribution in [3.63, 3.8) is 0 Å². The summed E-state index contributed by atoms with van der Waals surface area (Å²) in [5.41, 5.74) is 1.67. The summed E-state index contributed by atoms with van der Waals surface area (Å²) in [6, 6.07) is 0. The van der Waals surface area contributed by atoms with Crippen LogP contribution in [0.2, 0.25) is 0 Å². The normalized spacial score (nSPS) is 16.8. The Kier molecular flexibility index (Phi) is 3.71. The highest BCUT2D eigenvalue weighted by molar-refractivity contribution is 5.84. The average molecular weight is 274 g/mol. The molecule has 0 amide bonds. The van der Waals surface area contributed by atoms with E-state index in [0.29, 0.717) is 5.95 Å². The quantitative estimate of drug-likeness (QED) is 0.896. The molecule has 0 aliphatic carbocycles. The molecule has 0 spiro atoms. The number of piperidine rings is 1. The van der Waals surface area contributed by atoms with Crippen LogP contribution in [0.3, 0.4) is 0 Å². The molecule has 2 aromatic rings. The number of anilines is 2. The van der Waals surface area contributed by atoms with Crippen LogP contribution >= 0.6 is 0 Å². The Bertz CT molecular complexity index is 570. The first-order valence-electron chi connectivity index (χ1n) is 7.45. The minimum absolute atomic E-state index is 0.635. The molecule has 3 heterocycles. The highest BCUT2D eigenvalue weighted by Gasteiger charge is 2.22. The Labute approximate surface area is 119 Å². The van der Waals surface area contributed by atoms with Gasteiger partial charge < -0.3 is 15.2 Å². The molecule has 1 aliphatic heterocycles. The number of aromatic amines is 1. The van der Waals surface area contributed by atoms with Crippen molar-refractivity contribution in [2.75, 3.05) is 30.4 Å². The highest BCUT2D eigenvalue weighted by atomic mass is 15.2. The third-order valence-electron chi connectivity index (χ3n) is 4.10. The molecular weight excluding hydrogens is 252 g/mol. The molecule has 6 nitrogen and oxygen atoms in total. The maximum Gasteiger partial charge on any atom is 0.226 e. The zero-order chi connectivity index (χ0) is 13.9. The largest absolute Gasteiger partial charge is 0.357 e. The molecule has 0 saturated carbocycles. The zero-order valence-electron chi connectivity index (χ0n) is 12.2. The van der Waals surface area contributed by atoms with E-state index in [2.05, 4.69) is 37.1 Å². The number of hydrogen-bond donors (Lipinski definition) is 2. The Morgan fingerprint density at radius 1 is 1.35 bits per heavy atom. The summed E-state index contributed by atoms with van der Waals surface area (Å²) in [5, 5.41) is 3.01. The van der Waals surface area contributed by atoms with E-state index < -0.39 is 0 Å². The zero-order valence-corrected chi connectivity index (χ0v) is 12.2. The summed E-state index contributed by atoms with van der Waals surface area (Å²) >= 11 is 0. The Morgan fingerprint density at radius 3 is 2.85 bits per heavy atom. The van der Waals surface area contributed by atoms with E-state index in [1.807, 2.05) is 7.05 Å². The molecule has 0 radical (unpaired) electrons. The topological polar surface area (TPSA) is 69.7 Å². The number of rotatable bonds is 4. The number of nitrogens with zero attached hydrogens (tertiary/aromatic N) is 4. The summed E-state index contributed by atoms with van der Waals surface area (Å²) in [4.78, 5) is 18.8. The van der Waals surface area contributed by atoms with E-state index in [1.54, 1.807) is 6.33 Å². The van der Waals surface area contributed by atoms with Crippen molar-refractivity contribution in [1.82, 2.24) is 19.9 Å². The van der Waals surface area contributed by atoms with Gasteiger partial charge in [-0.2, -0.15) is 9.97 Å². The Balaban J connectivity index is 1.85. The fraction of sp³-hybridized carbons (Fsp3) is 0.643. The van der Waals surface area contributed by atoms with Crippen LogP contribution in [0.4, 0.5) is 11.8 Å². The predicted octanol–water partition coefficient (Wildman–Crippen LogP) is 2.41. The second kappa shape index (κ2) is 5.64. The third-order valence-corrected chi connectivity index (χ3v) is 4.10. The van der Waals surface area contributed by atoms with Crippen LogP contribution < -0.4 is 10.2 Å². The number of H-pyrrole nitrogens is 1. The molecular formula is C14H22N6. The van der Waals surface area contributed by atoms with Crippen LogP contribution in [0.15, 0.2) is 6.33 Å². The summed E-state index contributed by atoms with van der Waals surface area (Å²) < 4.78 is 0. The molecule has 1 aliphatic rings. The standard InChI is InChI=1S/C14H22N6/c1-3-4-10-5-7-20(8-6-10)13-11-12(17-9-16-11)18-14(15-2)19-13/h9-10H,3-8H2,1-2H3,(H2,15,16,17,18,19). The van der Waals surface area contributed by atoms with Gasteiger partial charge in [-0.05, 0) is 18.8 Å². The second-order valence-electron chi connectivity index (χ2n) is 5.44. The molecule has 20 heavy (non-hydrogen) atoms. The molecule has 0 unspecified atom stereocenters. The van der Waals surface area contributed by atoms with Gasteiger partial charge in [-0.1, -0.05) is 19.8 Å². The molecule has 2 N–H and O–H groups in total. The lowest BCUT2D eigenvalue weighted by Crippen LogP contribution is -2.34. The molecule has 1 saturated heterocycles. The maximum absolute atomic E-state index is 4.62. The number of aromatic nitrogens is 4. The molecule has 1 fully saturated rings. The smallest absolute Gasteiger partial charge is 0.226 e. The number of imidazole rings is 1. The van der Waals surface area contributed by atoms with E-state index in [1.165, 1.54) is 25.7 Å². The minimum atomic E-state index is 0.635. The molecule has 108 valence electrons. The molecule has 0 bridgehead atoms. The van der Waals surface area contributed by atoms with Crippen molar-refractivity contribution in [1.29, 1.82) is 0 Å². The highest BCUT2D eigenvalue weighted by Crippen LogP contribution is 2.28. The first-order chi connectivity index (χ1) is 9.81. The fourth-order valence-electron chi connectivity index (χ4n) is 3.00. The van der Waals surface area contributed by atoms with Crippen LogP contribution in [0, 0.1) is 5.92 Å². The van der Waals surface area contributed by atoms with Gasteiger partial charge in [0, 0.05) is 20.1 Å². The maximum atomic E-state index is 4.62. The van der Waals surface area contributed by atoms with Crippen LogP contribution in [0.25, 0.3) is 11.2 Å². The Hall–Kier alpha value is -1.85. The summed E-state index contributed by atoms with van der Waals surface area (Å²) in [6.07, 6.45) is 6.82. The summed E-state index contributed by atoms with van der Waals surface area (Å²) in [5.74, 6) is 2.49. The van der Waals surface area contributed by atoms with E-state index in [4.69, 9.17) is 0 Å². The fourth-order valence-corrected chi connectivity index (χ4v) is 3.00. The lowest BCUT2D eigenvalue weighted by Gasteiger charge is -2.32. The molecule has 2 aromatic heterocycles. The van der Waals surface area contributed by atoms with Crippen LogP contribution in [-0.2, 0) is 0 Å². The molecule has 3 rings (SSSR count). The van der Waals surface area contributed by atoms with Crippen molar-refractivity contribution in [2.45, 2.75) is 32.6 Å². The van der Waals surface area contributed by atoms with Gasteiger partial charge in [-0.3, -0.25) is 0 Å². The van der Waals surface area contributed by atoms with Crippen molar-refractivity contribution in [2.24, 2.45) is 5.92 Å². The van der Waals surface area contributed by atoms with Crippen molar-refractivity contribution < 1.29 is 0 Å². The van der Waals surface area contributed by atoms with Gasteiger partial charge in [0.1, 0.15) is 5.52 Å². The summed E-state index contributed by atoms with van der Waals surface area (Å²) in [6.45, 7) is 4.40. The van der Waals surface area contributed by atoms with Crippen LogP contribution in [0.5, 0.6) is 0 Å². The Morgan fingerprint density at radius 2 is 2.15 bits per heavy atom. The monoisotopic (exact) mass is 274 g/mol.